The van der Waals surface area contributed by atoms with Gasteiger partial charge in [-0.1, -0.05) is 52.9 Å². The van der Waals surface area contributed by atoms with Crippen molar-refractivity contribution in [3.8, 4) is 0 Å². The Kier molecular flexibility index (Phi) is 14.9. The van der Waals surface area contributed by atoms with Gasteiger partial charge < -0.3 is 4.79 Å². The van der Waals surface area contributed by atoms with Gasteiger partial charge in [-0.3, -0.25) is 0 Å². The molecule has 1 aliphatic carbocycles. The van der Waals surface area contributed by atoms with Gasteiger partial charge in [0.05, 0.1) is 0 Å². The Morgan fingerprint density at radius 3 is 1.55 bits per heavy atom. The summed E-state index contributed by atoms with van der Waals surface area (Å²) in [7, 11) is 0. The van der Waals surface area contributed by atoms with E-state index in [-0.39, 0.29) is 0 Å². The SMILES string of the molecule is C=O.CC.CC1CCCCC1. The molecule has 0 aromatic carbocycles. The van der Waals surface area contributed by atoms with Crippen molar-refractivity contribution in [1.82, 2.24) is 0 Å². The second-order valence-corrected chi connectivity index (χ2v) is 2.74. The van der Waals surface area contributed by atoms with Crippen LogP contribution >= 0.6 is 0 Å². The lowest BCUT2D eigenvalue weighted by Gasteiger charge is -2.15. The molecule has 0 aromatic heterocycles. The van der Waals surface area contributed by atoms with E-state index in [4.69, 9.17) is 4.79 Å². The van der Waals surface area contributed by atoms with Crippen LogP contribution < -0.4 is 0 Å². The maximum absolute atomic E-state index is 8.00. The third-order valence-corrected chi connectivity index (χ3v) is 1.89. The van der Waals surface area contributed by atoms with E-state index in [1.54, 1.807) is 0 Å². The topological polar surface area (TPSA) is 17.1 Å². The molecule has 0 amide bonds. The molecular weight excluding hydrogens is 136 g/mol. The minimum atomic E-state index is 1.04. The first kappa shape index (κ1) is 13.3. The van der Waals surface area contributed by atoms with E-state index in [0.717, 1.165) is 5.92 Å². The molecule has 0 atom stereocenters. The van der Waals surface area contributed by atoms with Gasteiger partial charge in [-0.15, -0.1) is 0 Å². The van der Waals surface area contributed by atoms with E-state index < -0.39 is 0 Å². The first-order valence-electron chi connectivity index (χ1n) is 4.68. The molecule has 1 rings (SSSR count). The highest BCUT2D eigenvalue weighted by Gasteiger charge is 2.05. The Morgan fingerprint density at radius 2 is 1.36 bits per heavy atom. The highest BCUT2D eigenvalue weighted by molar-refractivity contribution is 5.10. The maximum Gasteiger partial charge on any atom is 0.106 e. The zero-order valence-electron chi connectivity index (χ0n) is 8.23. The molecule has 1 aliphatic rings. The number of carbonyl (C=O) groups excluding carboxylic acids is 1. The summed E-state index contributed by atoms with van der Waals surface area (Å²) >= 11 is 0. The molecule has 0 heterocycles. The molecule has 1 saturated carbocycles. The van der Waals surface area contributed by atoms with Gasteiger partial charge in [-0.25, -0.2) is 0 Å². The van der Waals surface area contributed by atoms with E-state index in [2.05, 4.69) is 6.92 Å². The van der Waals surface area contributed by atoms with E-state index in [0.29, 0.717) is 0 Å². The largest absolute Gasteiger partial charge is 0.307 e. The summed E-state index contributed by atoms with van der Waals surface area (Å²) in [6.45, 7) is 8.36. The Balaban J connectivity index is 0. The number of hydrogen-bond donors (Lipinski definition) is 0. The molecule has 0 aliphatic heterocycles. The molecule has 0 N–H and O–H groups in total. The zero-order valence-corrected chi connectivity index (χ0v) is 8.23. The van der Waals surface area contributed by atoms with Gasteiger partial charge in [0.15, 0.2) is 0 Å². The highest BCUT2D eigenvalue weighted by atomic mass is 16.1. The summed E-state index contributed by atoms with van der Waals surface area (Å²) in [5.41, 5.74) is 0. The molecule has 68 valence electrons. The van der Waals surface area contributed by atoms with Crippen molar-refractivity contribution in [1.29, 1.82) is 0 Å². The standard InChI is InChI=1S/C7H14.C2H6.CH2O/c1-7-5-3-2-4-6-7;2*1-2/h7H,2-6H2,1H3;1-2H3;1H2. The molecule has 0 spiro atoms. The lowest BCUT2D eigenvalue weighted by Crippen LogP contribution is -1.99. The lowest BCUT2D eigenvalue weighted by atomic mass is 9.91. The second kappa shape index (κ2) is 12.4. The van der Waals surface area contributed by atoms with E-state index in [9.17, 15) is 0 Å². The first-order valence-corrected chi connectivity index (χ1v) is 4.68. The zero-order chi connectivity index (χ0) is 9.11. The van der Waals surface area contributed by atoms with Crippen molar-refractivity contribution in [2.45, 2.75) is 52.9 Å². The number of carbonyl (C=O) groups is 1. The van der Waals surface area contributed by atoms with Crippen LogP contribution in [0.1, 0.15) is 52.9 Å². The third-order valence-electron chi connectivity index (χ3n) is 1.89. The van der Waals surface area contributed by atoms with Crippen molar-refractivity contribution in [3.05, 3.63) is 0 Å². The second-order valence-electron chi connectivity index (χ2n) is 2.74. The van der Waals surface area contributed by atoms with Crippen LogP contribution in [0.2, 0.25) is 0 Å². The first-order chi connectivity index (χ1) is 5.39. The van der Waals surface area contributed by atoms with Crippen molar-refractivity contribution >= 4 is 6.79 Å². The molecular formula is C10H22O. The predicted octanol–water partition coefficient (Wildman–Crippen LogP) is 3.43. The normalized spacial score (nSPS) is 17.0. The number of rotatable bonds is 0. The van der Waals surface area contributed by atoms with Gasteiger partial charge in [-0.05, 0) is 5.92 Å². The fraction of sp³-hybridized carbons (Fsp3) is 0.900. The molecule has 0 radical (unpaired) electrons. The Bertz CT molecular complexity index is 55.9. The molecule has 1 heteroatoms. The monoisotopic (exact) mass is 158 g/mol. The average Bonchev–Trinajstić information content (AvgIpc) is 2.13. The quantitative estimate of drug-likeness (QED) is 0.528. The van der Waals surface area contributed by atoms with Gasteiger partial charge in [0.2, 0.25) is 0 Å². The van der Waals surface area contributed by atoms with Crippen LogP contribution in [0.15, 0.2) is 0 Å². The van der Waals surface area contributed by atoms with Crippen LogP contribution in [-0.2, 0) is 4.79 Å². The minimum absolute atomic E-state index is 1.04. The van der Waals surface area contributed by atoms with Crippen molar-refractivity contribution in [2.24, 2.45) is 5.92 Å². The minimum Gasteiger partial charge on any atom is -0.307 e. The molecule has 11 heavy (non-hydrogen) atoms. The summed E-state index contributed by atoms with van der Waals surface area (Å²) in [5, 5.41) is 0. The summed E-state index contributed by atoms with van der Waals surface area (Å²) in [6, 6.07) is 0. The van der Waals surface area contributed by atoms with E-state index in [1.165, 1.54) is 32.1 Å². The predicted molar refractivity (Wildman–Crippen MR) is 50.7 cm³/mol. The molecule has 1 nitrogen and oxygen atoms in total. The molecule has 1 fully saturated rings. The molecule has 0 aromatic rings. The van der Waals surface area contributed by atoms with Crippen LogP contribution in [0.5, 0.6) is 0 Å². The fourth-order valence-electron chi connectivity index (χ4n) is 1.31. The third kappa shape index (κ3) is 9.67. The summed E-state index contributed by atoms with van der Waals surface area (Å²) < 4.78 is 0. The van der Waals surface area contributed by atoms with Crippen LogP contribution in [0, 0.1) is 5.92 Å². The van der Waals surface area contributed by atoms with Crippen LogP contribution in [0.4, 0.5) is 0 Å². The van der Waals surface area contributed by atoms with E-state index >= 15 is 0 Å². The average molecular weight is 158 g/mol. The van der Waals surface area contributed by atoms with Gasteiger partial charge in [0.25, 0.3) is 0 Å². The van der Waals surface area contributed by atoms with Gasteiger partial charge in [0, 0.05) is 0 Å². The van der Waals surface area contributed by atoms with Gasteiger partial charge in [-0.2, -0.15) is 0 Å². The van der Waals surface area contributed by atoms with E-state index in [1.807, 2.05) is 20.6 Å². The van der Waals surface area contributed by atoms with Crippen LogP contribution in [-0.4, -0.2) is 6.79 Å². The summed E-state index contributed by atoms with van der Waals surface area (Å²) in [5.74, 6) is 1.04. The van der Waals surface area contributed by atoms with Crippen molar-refractivity contribution in [2.75, 3.05) is 0 Å². The fourth-order valence-corrected chi connectivity index (χ4v) is 1.31. The Labute approximate surface area is 71.2 Å². The number of hydrogen-bond acceptors (Lipinski definition) is 1. The van der Waals surface area contributed by atoms with Crippen LogP contribution in [0.3, 0.4) is 0 Å². The highest BCUT2D eigenvalue weighted by Crippen LogP contribution is 2.21. The van der Waals surface area contributed by atoms with Gasteiger partial charge in [0.1, 0.15) is 6.79 Å². The van der Waals surface area contributed by atoms with Gasteiger partial charge >= 0.3 is 0 Å². The van der Waals surface area contributed by atoms with Crippen LogP contribution in [0.25, 0.3) is 0 Å². The Hall–Kier alpha value is -0.330. The molecule has 0 saturated heterocycles. The van der Waals surface area contributed by atoms with Crippen molar-refractivity contribution in [3.63, 3.8) is 0 Å². The molecule has 0 unspecified atom stereocenters. The Morgan fingerprint density at radius 1 is 1.00 bits per heavy atom. The smallest absolute Gasteiger partial charge is 0.106 e. The lowest BCUT2D eigenvalue weighted by molar-refractivity contribution is -0.0979. The van der Waals surface area contributed by atoms with Crippen molar-refractivity contribution < 1.29 is 4.79 Å². The maximum atomic E-state index is 8.00. The summed E-state index contributed by atoms with van der Waals surface area (Å²) in [6.07, 6.45) is 7.44. The molecule has 0 bridgehead atoms. The summed E-state index contributed by atoms with van der Waals surface area (Å²) in [4.78, 5) is 8.00.